The van der Waals surface area contributed by atoms with Crippen LogP contribution in [0.5, 0.6) is 0 Å². The Hall–Kier alpha value is -2.98. The fourth-order valence-electron chi connectivity index (χ4n) is 6.99. The molecule has 2 fully saturated rings. The minimum atomic E-state index is -2.01. The number of hydrogen-bond acceptors (Lipinski definition) is 7. The molecular formula is C35H52ClN7O4Si2. The van der Waals surface area contributed by atoms with E-state index in [1.54, 1.807) is 0 Å². The first-order chi connectivity index (χ1) is 22.9. The van der Waals surface area contributed by atoms with Gasteiger partial charge in [-0.05, 0) is 55.9 Å². The molecule has 4 aromatic rings. The molecule has 11 nitrogen and oxygen atoms in total. The summed E-state index contributed by atoms with van der Waals surface area (Å²) in [6.07, 6.45) is 6.51. The zero-order chi connectivity index (χ0) is 35.5. The summed E-state index contributed by atoms with van der Waals surface area (Å²) in [4.78, 5) is 24.0. The number of anilines is 1. The minimum Gasteiger partial charge on any atom is -0.465 e. The Balaban J connectivity index is 1.38. The smallest absolute Gasteiger partial charge is 0.404 e. The molecule has 2 aliphatic rings. The highest BCUT2D eigenvalue weighted by atomic mass is 35.5. The van der Waals surface area contributed by atoms with Gasteiger partial charge in [0.2, 0.25) is 0 Å². The Morgan fingerprint density at radius 1 is 1.10 bits per heavy atom. The molecule has 14 heteroatoms. The highest BCUT2D eigenvalue weighted by molar-refractivity contribution is 6.76. The lowest BCUT2D eigenvalue weighted by Crippen LogP contribution is -2.50. The van der Waals surface area contributed by atoms with Crippen molar-refractivity contribution in [2.75, 3.05) is 11.5 Å². The molecule has 0 saturated carbocycles. The number of aryl methyl sites for hydroxylation is 1. The van der Waals surface area contributed by atoms with Crippen molar-refractivity contribution < 1.29 is 19.1 Å². The van der Waals surface area contributed by atoms with E-state index >= 15 is 0 Å². The number of nitrogens with zero attached hydrogens (tertiary/aromatic N) is 6. The van der Waals surface area contributed by atoms with Gasteiger partial charge in [0.25, 0.3) is 0 Å². The fourth-order valence-corrected chi connectivity index (χ4v) is 9.05. The summed E-state index contributed by atoms with van der Waals surface area (Å²) in [5.41, 5.74) is 5.04. The summed E-state index contributed by atoms with van der Waals surface area (Å²) in [5.74, 6) is 0.820. The predicted octanol–water partition coefficient (Wildman–Crippen LogP) is 8.24. The Kier molecular flexibility index (Phi) is 9.72. The molecule has 0 radical (unpaired) electrons. The zero-order valence-corrected chi connectivity index (χ0v) is 33.2. The van der Waals surface area contributed by atoms with Gasteiger partial charge in [-0.3, -0.25) is 4.68 Å². The molecule has 49 heavy (non-hydrogen) atoms. The van der Waals surface area contributed by atoms with Crippen molar-refractivity contribution in [2.24, 2.45) is 7.05 Å². The fraction of sp³-hybridized carbons (Fsp3) is 0.600. The number of hydrogen-bond donors (Lipinski definition) is 2. The number of ether oxygens (including phenoxy) is 1. The number of amides is 1. The van der Waals surface area contributed by atoms with Gasteiger partial charge in [-0.15, -0.1) is 0 Å². The lowest BCUT2D eigenvalue weighted by molar-refractivity contribution is 0.0899. The summed E-state index contributed by atoms with van der Waals surface area (Å²) in [5, 5.41) is 18.4. The molecule has 0 aliphatic carbocycles. The molecule has 2 aliphatic heterocycles. The quantitative estimate of drug-likeness (QED) is 0.117. The van der Waals surface area contributed by atoms with E-state index in [4.69, 9.17) is 35.8 Å². The average molecular weight is 726 g/mol. The van der Waals surface area contributed by atoms with Crippen LogP contribution in [0.3, 0.4) is 0 Å². The van der Waals surface area contributed by atoms with Crippen LogP contribution in [-0.2, 0) is 29.5 Å². The summed E-state index contributed by atoms with van der Waals surface area (Å²) in [6, 6.07) is 5.51. The van der Waals surface area contributed by atoms with E-state index in [1.807, 2.05) is 30.1 Å². The lowest BCUT2D eigenvalue weighted by Gasteiger charge is -2.39. The van der Waals surface area contributed by atoms with Gasteiger partial charge in [-0.2, -0.15) is 5.10 Å². The third kappa shape index (κ3) is 7.28. The SMILES string of the molecule is Cn1nc2ccc(-c3cn(COCC[Si](C)(C)C)c4nc(N5[C@@H]6CC[C@H]5C[C@@H](NC(=O)O)C6)cnc34)c(Cl)c2c1CO[Si](C)(C)C(C)(C)C. The highest BCUT2D eigenvalue weighted by Gasteiger charge is 2.42. The van der Waals surface area contributed by atoms with Crippen molar-refractivity contribution in [3.63, 3.8) is 0 Å². The standard InChI is InChI=1S/C35H52ClN7O4Si2/c1-35(2,3)49(8,9)47-20-28-30-27(40-41(28)4)13-12-25(31(30)36)26-19-42(21-46-14-15-48(5,6)7)33-32(26)37-18-29(39-33)43-23-10-11-24(43)17-22(16-23)38-34(44)45/h12-13,18-19,22-24,38H,10-11,14-17,20-21H2,1-9H3,(H,44,45)/t22-,23+,24-. The second-order valence-corrected chi connectivity index (χ2v) is 27.4. The maximum atomic E-state index is 11.4. The van der Waals surface area contributed by atoms with Crippen molar-refractivity contribution >= 4 is 62.0 Å². The van der Waals surface area contributed by atoms with Crippen molar-refractivity contribution in [3.05, 3.63) is 35.2 Å². The number of aromatic nitrogens is 5. The summed E-state index contributed by atoms with van der Waals surface area (Å²) in [6.45, 7) is 19.8. The van der Waals surface area contributed by atoms with E-state index in [2.05, 4.69) is 74.5 Å². The number of benzene rings is 1. The summed E-state index contributed by atoms with van der Waals surface area (Å²) < 4.78 is 16.8. The Labute approximate surface area is 296 Å². The summed E-state index contributed by atoms with van der Waals surface area (Å²) in [7, 11) is -1.33. The molecule has 1 aromatic carbocycles. The van der Waals surface area contributed by atoms with E-state index in [9.17, 15) is 9.90 Å². The summed E-state index contributed by atoms with van der Waals surface area (Å²) >= 11 is 7.33. The average Bonchev–Trinajstić information content (AvgIpc) is 3.61. The Bertz CT molecular complexity index is 1850. The van der Waals surface area contributed by atoms with E-state index in [0.717, 1.165) is 76.4 Å². The van der Waals surface area contributed by atoms with Gasteiger partial charge in [0.15, 0.2) is 14.0 Å². The number of carboxylic acid groups (broad SMARTS) is 1. The molecule has 0 unspecified atom stereocenters. The van der Waals surface area contributed by atoms with Gasteiger partial charge in [0.1, 0.15) is 18.1 Å². The van der Waals surface area contributed by atoms with Crippen LogP contribution in [0.25, 0.3) is 33.2 Å². The molecule has 2 bridgehead atoms. The van der Waals surface area contributed by atoms with Crippen LogP contribution in [0.2, 0.25) is 48.8 Å². The van der Waals surface area contributed by atoms with Crippen LogP contribution in [0.1, 0.15) is 52.1 Å². The maximum absolute atomic E-state index is 11.4. The number of halogens is 1. The monoisotopic (exact) mass is 725 g/mol. The lowest BCUT2D eigenvalue weighted by atomic mass is 9.97. The van der Waals surface area contributed by atoms with E-state index in [1.165, 1.54) is 0 Å². The molecule has 6 rings (SSSR count). The normalized spacial score (nSPS) is 20.1. The van der Waals surface area contributed by atoms with Gasteiger partial charge in [0.05, 0.1) is 29.0 Å². The third-order valence-corrected chi connectivity index (χ3v) is 17.4. The number of fused-ring (bicyclic) bond motifs is 4. The minimum absolute atomic E-state index is 0.0418. The van der Waals surface area contributed by atoms with Crippen LogP contribution < -0.4 is 10.2 Å². The molecular weight excluding hydrogens is 674 g/mol. The number of rotatable bonds is 11. The predicted molar refractivity (Wildman–Crippen MR) is 202 cm³/mol. The van der Waals surface area contributed by atoms with E-state index < -0.39 is 22.5 Å². The van der Waals surface area contributed by atoms with Crippen molar-refractivity contribution in [1.29, 1.82) is 0 Å². The second kappa shape index (κ2) is 13.3. The molecule has 1 amide bonds. The van der Waals surface area contributed by atoms with Crippen LogP contribution >= 0.6 is 11.6 Å². The molecule has 2 saturated heterocycles. The van der Waals surface area contributed by atoms with Gasteiger partial charge in [-0.25, -0.2) is 14.8 Å². The number of piperidine rings is 1. The van der Waals surface area contributed by atoms with Crippen LogP contribution in [0.15, 0.2) is 24.5 Å². The van der Waals surface area contributed by atoms with Crippen LogP contribution in [-0.4, -0.2) is 76.6 Å². The van der Waals surface area contributed by atoms with Crippen LogP contribution in [0, 0.1) is 0 Å². The maximum Gasteiger partial charge on any atom is 0.404 e. The second-order valence-electron chi connectivity index (χ2n) is 16.6. The molecule has 266 valence electrons. The number of carbonyl (C=O) groups is 1. The van der Waals surface area contributed by atoms with Crippen molar-refractivity contribution in [1.82, 2.24) is 29.6 Å². The molecule has 3 aromatic heterocycles. The molecule has 0 spiro atoms. The van der Waals surface area contributed by atoms with Gasteiger partial charge in [-0.1, -0.05) is 58.1 Å². The van der Waals surface area contributed by atoms with Crippen molar-refractivity contribution in [2.45, 2.75) is 122 Å². The zero-order valence-electron chi connectivity index (χ0n) is 30.4. The van der Waals surface area contributed by atoms with Crippen molar-refractivity contribution in [3.8, 4) is 11.1 Å². The Morgan fingerprint density at radius 2 is 1.80 bits per heavy atom. The third-order valence-electron chi connectivity index (χ3n) is 10.8. The van der Waals surface area contributed by atoms with Gasteiger partial charge >= 0.3 is 6.09 Å². The molecule has 3 atom stereocenters. The number of nitrogens with one attached hydrogen (secondary N) is 1. The first kappa shape index (κ1) is 35.8. The van der Waals surface area contributed by atoms with Gasteiger partial charge < -0.3 is 29.1 Å². The van der Waals surface area contributed by atoms with Gasteiger partial charge in [0, 0.05) is 62.6 Å². The highest BCUT2D eigenvalue weighted by Crippen LogP contribution is 2.43. The molecule has 2 N–H and O–H groups in total. The first-order valence-corrected chi connectivity index (χ1v) is 24.4. The van der Waals surface area contributed by atoms with E-state index in [0.29, 0.717) is 25.0 Å². The first-order valence-electron chi connectivity index (χ1n) is 17.4. The topological polar surface area (TPSA) is 120 Å². The van der Waals surface area contributed by atoms with E-state index in [-0.39, 0.29) is 23.2 Å². The molecule has 5 heterocycles. The largest absolute Gasteiger partial charge is 0.465 e. The van der Waals surface area contributed by atoms with Crippen LogP contribution in [0.4, 0.5) is 10.6 Å². The Morgan fingerprint density at radius 3 is 2.43 bits per heavy atom.